The van der Waals surface area contributed by atoms with Crippen LogP contribution >= 0.6 is 0 Å². The van der Waals surface area contributed by atoms with E-state index in [0.29, 0.717) is 30.7 Å². The first-order chi connectivity index (χ1) is 11.5. The number of oxazole rings is 1. The fourth-order valence-corrected chi connectivity index (χ4v) is 2.96. The lowest BCUT2D eigenvalue weighted by Gasteiger charge is -2.35. The van der Waals surface area contributed by atoms with Gasteiger partial charge in [-0.3, -0.25) is 9.69 Å². The number of rotatable bonds is 5. The highest BCUT2D eigenvalue weighted by molar-refractivity contribution is 5.82. The predicted octanol–water partition coefficient (Wildman–Crippen LogP) is 2.83. The van der Waals surface area contributed by atoms with Gasteiger partial charge in [0.15, 0.2) is 5.76 Å². The number of nitrogens with zero attached hydrogens (tertiary/aromatic N) is 2. The van der Waals surface area contributed by atoms with E-state index in [1.54, 1.807) is 18.3 Å². The molecule has 0 bridgehead atoms. The molecular formula is C18H22FN3O2. The average molecular weight is 331 g/mol. The number of piperazine rings is 1. The largest absolute Gasteiger partial charge is 0.439 e. The second-order valence-electron chi connectivity index (χ2n) is 6.53. The van der Waals surface area contributed by atoms with Crippen LogP contribution in [0.5, 0.6) is 0 Å². The van der Waals surface area contributed by atoms with E-state index in [4.69, 9.17) is 4.42 Å². The van der Waals surface area contributed by atoms with Crippen LogP contribution in [0, 0.1) is 11.7 Å². The van der Waals surface area contributed by atoms with Crippen molar-refractivity contribution in [2.75, 3.05) is 13.1 Å². The molecule has 5 nitrogen and oxygen atoms in total. The predicted molar refractivity (Wildman–Crippen MR) is 88.6 cm³/mol. The van der Waals surface area contributed by atoms with E-state index in [0.717, 1.165) is 18.5 Å². The van der Waals surface area contributed by atoms with Gasteiger partial charge in [0.05, 0.1) is 18.8 Å². The maximum atomic E-state index is 13.0. The number of carbonyl (C=O) groups excluding carboxylic acids is 1. The molecule has 0 radical (unpaired) electrons. The minimum Gasteiger partial charge on any atom is -0.439 e. The molecule has 2 aromatic rings. The standard InChI is InChI=1S/C18H22FN3O2/c1-12(2)9-15-18(23)20-7-8-22(15)11-17-21-10-16(24-17)13-3-5-14(19)6-4-13/h3-6,10,12,15H,7-9,11H2,1-2H3,(H,20,23). The van der Waals surface area contributed by atoms with Crippen LogP contribution < -0.4 is 5.32 Å². The summed E-state index contributed by atoms with van der Waals surface area (Å²) in [7, 11) is 0. The first-order valence-electron chi connectivity index (χ1n) is 8.25. The number of hydrogen-bond acceptors (Lipinski definition) is 4. The SMILES string of the molecule is CC(C)CC1C(=O)NCCN1Cc1ncc(-c2ccc(F)cc2)o1. The summed E-state index contributed by atoms with van der Waals surface area (Å²) in [4.78, 5) is 18.6. The Bertz CT molecular complexity index is 697. The molecule has 0 aliphatic carbocycles. The zero-order chi connectivity index (χ0) is 17.1. The van der Waals surface area contributed by atoms with E-state index in [1.807, 2.05) is 0 Å². The zero-order valence-corrected chi connectivity index (χ0v) is 14.0. The van der Waals surface area contributed by atoms with Gasteiger partial charge >= 0.3 is 0 Å². The third-order valence-corrected chi connectivity index (χ3v) is 4.16. The minimum absolute atomic E-state index is 0.0697. The average Bonchev–Trinajstić information content (AvgIpc) is 3.00. The van der Waals surface area contributed by atoms with Crippen molar-refractivity contribution in [3.05, 3.63) is 42.2 Å². The number of nitrogens with one attached hydrogen (secondary N) is 1. The Morgan fingerprint density at radius 2 is 2.12 bits per heavy atom. The summed E-state index contributed by atoms with van der Waals surface area (Å²) in [5, 5.41) is 2.92. The quantitative estimate of drug-likeness (QED) is 0.915. The van der Waals surface area contributed by atoms with Crippen molar-refractivity contribution in [3.63, 3.8) is 0 Å². The molecular weight excluding hydrogens is 309 g/mol. The number of aromatic nitrogens is 1. The summed E-state index contributed by atoms with van der Waals surface area (Å²) >= 11 is 0. The third-order valence-electron chi connectivity index (χ3n) is 4.16. The number of amides is 1. The molecule has 1 aliphatic heterocycles. The van der Waals surface area contributed by atoms with E-state index in [1.165, 1.54) is 12.1 Å². The van der Waals surface area contributed by atoms with Crippen molar-refractivity contribution in [2.45, 2.75) is 32.9 Å². The van der Waals surface area contributed by atoms with E-state index in [2.05, 4.69) is 29.0 Å². The monoisotopic (exact) mass is 331 g/mol. The Balaban J connectivity index is 1.73. The second-order valence-corrected chi connectivity index (χ2v) is 6.53. The zero-order valence-electron chi connectivity index (χ0n) is 14.0. The molecule has 1 saturated heterocycles. The molecule has 1 N–H and O–H groups in total. The van der Waals surface area contributed by atoms with Crippen molar-refractivity contribution >= 4 is 5.91 Å². The lowest BCUT2D eigenvalue weighted by Crippen LogP contribution is -2.55. The van der Waals surface area contributed by atoms with Crippen LogP contribution in [0.1, 0.15) is 26.2 Å². The van der Waals surface area contributed by atoms with Crippen LogP contribution in [-0.2, 0) is 11.3 Å². The highest BCUT2D eigenvalue weighted by atomic mass is 19.1. The van der Waals surface area contributed by atoms with E-state index in [9.17, 15) is 9.18 Å². The topological polar surface area (TPSA) is 58.4 Å². The molecule has 6 heteroatoms. The summed E-state index contributed by atoms with van der Waals surface area (Å²) in [6.45, 7) is 6.12. The highest BCUT2D eigenvalue weighted by Gasteiger charge is 2.31. The van der Waals surface area contributed by atoms with Gasteiger partial charge < -0.3 is 9.73 Å². The molecule has 0 saturated carbocycles. The number of carbonyl (C=O) groups is 1. The van der Waals surface area contributed by atoms with E-state index >= 15 is 0 Å². The molecule has 1 amide bonds. The van der Waals surface area contributed by atoms with Crippen molar-refractivity contribution in [2.24, 2.45) is 5.92 Å². The van der Waals surface area contributed by atoms with Crippen molar-refractivity contribution < 1.29 is 13.6 Å². The lowest BCUT2D eigenvalue weighted by molar-refractivity contribution is -0.130. The van der Waals surface area contributed by atoms with Gasteiger partial charge in [-0.2, -0.15) is 0 Å². The number of halogens is 1. The fourth-order valence-electron chi connectivity index (χ4n) is 2.96. The van der Waals surface area contributed by atoms with Crippen LogP contribution in [-0.4, -0.2) is 34.9 Å². The molecule has 3 rings (SSSR count). The number of hydrogen-bond donors (Lipinski definition) is 1. The fraction of sp³-hybridized carbons (Fsp3) is 0.444. The summed E-state index contributed by atoms with van der Waals surface area (Å²) in [6.07, 6.45) is 2.45. The molecule has 0 spiro atoms. The van der Waals surface area contributed by atoms with Gasteiger partial charge in [-0.25, -0.2) is 9.37 Å². The molecule has 1 atom stereocenters. The summed E-state index contributed by atoms with van der Waals surface area (Å²) in [5.41, 5.74) is 0.783. The Morgan fingerprint density at radius 3 is 2.83 bits per heavy atom. The van der Waals surface area contributed by atoms with E-state index < -0.39 is 0 Å². The Kier molecular flexibility index (Phi) is 4.94. The minimum atomic E-state index is -0.283. The highest BCUT2D eigenvalue weighted by Crippen LogP contribution is 2.23. The maximum absolute atomic E-state index is 13.0. The van der Waals surface area contributed by atoms with Crippen molar-refractivity contribution in [3.8, 4) is 11.3 Å². The summed E-state index contributed by atoms with van der Waals surface area (Å²) in [6, 6.07) is 5.96. The van der Waals surface area contributed by atoms with Gasteiger partial charge in [0.2, 0.25) is 11.8 Å². The maximum Gasteiger partial charge on any atom is 0.237 e. The van der Waals surface area contributed by atoms with Gasteiger partial charge in [-0.1, -0.05) is 13.8 Å². The Morgan fingerprint density at radius 1 is 1.38 bits per heavy atom. The first kappa shape index (κ1) is 16.6. The van der Waals surface area contributed by atoms with Crippen molar-refractivity contribution in [1.29, 1.82) is 0 Å². The Labute approximate surface area is 140 Å². The second kappa shape index (κ2) is 7.13. The van der Waals surface area contributed by atoms with Gasteiger partial charge in [0.25, 0.3) is 0 Å². The first-order valence-corrected chi connectivity index (χ1v) is 8.25. The summed E-state index contributed by atoms with van der Waals surface area (Å²) < 4.78 is 18.8. The van der Waals surface area contributed by atoms with Gasteiger partial charge in [0, 0.05) is 18.7 Å². The van der Waals surface area contributed by atoms with Gasteiger partial charge in [0.1, 0.15) is 5.82 Å². The summed E-state index contributed by atoms with van der Waals surface area (Å²) in [5.74, 6) is 1.39. The molecule has 1 aliphatic rings. The molecule has 1 fully saturated rings. The third kappa shape index (κ3) is 3.82. The van der Waals surface area contributed by atoms with Gasteiger partial charge in [-0.15, -0.1) is 0 Å². The lowest BCUT2D eigenvalue weighted by atomic mass is 10.00. The van der Waals surface area contributed by atoms with Crippen LogP contribution in [0.25, 0.3) is 11.3 Å². The number of benzene rings is 1. The molecule has 1 unspecified atom stereocenters. The smallest absolute Gasteiger partial charge is 0.237 e. The Hall–Kier alpha value is -2.21. The molecule has 128 valence electrons. The molecule has 24 heavy (non-hydrogen) atoms. The van der Waals surface area contributed by atoms with Crippen LogP contribution in [0.3, 0.4) is 0 Å². The van der Waals surface area contributed by atoms with Crippen LogP contribution in [0.15, 0.2) is 34.9 Å². The molecule has 2 heterocycles. The molecule has 1 aromatic heterocycles. The van der Waals surface area contributed by atoms with Gasteiger partial charge in [-0.05, 0) is 36.6 Å². The van der Waals surface area contributed by atoms with Crippen molar-refractivity contribution in [1.82, 2.24) is 15.2 Å². The normalized spacial score (nSPS) is 18.8. The molecule has 1 aromatic carbocycles. The van der Waals surface area contributed by atoms with Crippen LogP contribution in [0.4, 0.5) is 4.39 Å². The van der Waals surface area contributed by atoms with Crippen LogP contribution in [0.2, 0.25) is 0 Å². The van der Waals surface area contributed by atoms with E-state index in [-0.39, 0.29) is 17.8 Å².